The molecule has 0 radical (unpaired) electrons. The molecule has 0 saturated carbocycles. The van der Waals surface area contributed by atoms with Crippen molar-refractivity contribution >= 4 is 0 Å². The van der Waals surface area contributed by atoms with Gasteiger partial charge < -0.3 is 5.32 Å². The van der Waals surface area contributed by atoms with Crippen LogP contribution in [-0.2, 0) is 0 Å². The van der Waals surface area contributed by atoms with Crippen LogP contribution >= 0.6 is 0 Å². The number of benzene rings is 1. The molecule has 21 heavy (non-hydrogen) atoms. The summed E-state index contributed by atoms with van der Waals surface area (Å²) >= 11 is 0. The Morgan fingerprint density at radius 1 is 1.33 bits per heavy atom. The van der Waals surface area contributed by atoms with E-state index in [9.17, 15) is 0 Å². The van der Waals surface area contributed by atoms with Gasteiger partial charge in [-0.2, -0.15) is 0 Å². The number of likely N-dealkylation sites (tertiary alicyclic amines) is 1. The van der Waals surface area contributed by atoms with Crippen LogP contribution < -0.4 is 5.32 Å². The molecule has 0 spiro atoms. The molecule has 3 rings (SSSR count). The van der Waals surface area contributed by atoms with Crippen molar-refractivity contribution in [1.82, 2.24) is 10.2 Å². The Bertz CT molecular complexity index is 436. The zero-order valence-electron chi connectivity index (χ0n) is 13.6. The smallest absolute Gasteiger partial charge is 0.0165 e. The molecule has 2 saturated heterocycles. The molecule has 3 unspecified atom stereocenters. The van der Waals surface area contributed by atoms with Crippen LogP contribution in [-0.4, -0.2) is 37.1 Å². The molecule has 0 aromatic heterocycles. The molecular weight excluding hydrogens is 256 g/mol. The molecule has 2 aliphatic heterocycles. The van der Waals surface area contributed by atoms with E-state index in [-0.39, 0.29) is 0 Å². The lowest BCUT2D eigenvalue weighted by atomic mass is 9.85. The molecule has 2 aliphatic rings. The van der Waals surface area contributed by atoms with Gasteiger partial charge in [0.15, 0.2) is 0 Å². The number of rotatable bonds is 5. The average molecular weight is 286 g/mol. The Labute approximate surface area is 129 Å². The third kappa shape index (κ3) is 3.32. The van der Waals surface area contributed by atoms with Crippen molar-refractivity contribution in [2.24, 2.45) is 5.41 Å². The third-order valence-electron chi connectivity index (χ3n) is 5.59. The SMILES string of the molecule is CCC(c1ccccc1)C1CCCN1CC1(C)CCNC1. The van der Waals surface area contributed by atoms with E-state index in [2.05, 4.69) is 54.4 Å². The molecular formula is C19H30N2. The van der Waals surface area contributed by atoms with Crippen LogP contribution in [0.1, 0.15) is 51.0 Å². The first kappa shape index (κ1) is 15.1. The highest BCUT2D eigenvalue weighted by Gasteiger charge is 2.37. The summed E-state index contributed by atoms with van der Waals surface area (Å²) < 4.78 is 0. The minimum absolute atomic E-state index is 0.484. The van der Waals surface area contributed by atoms with Gasteiger partial charge in [-0.15, -0.1) is 0 Å². The topological polar surface area (TPSA) is 15.3 Å². The minimum atomic E-state index is 0.484. The summed E-state index contributed by atoms with van der Waals surface area (Å²) in [5, 5.41) is 3.55. The second kappa shape index (κ2) is 6.50. The zero-order chi connectivity index (χ0) is 14.7. The quantitative estimate of drug-likeness (QED) is 0.889. The first-order chi connectivity index (χ1) is 10.2. The second-order valence-electron chi connectivity index (χ2n) is 7.34. The van der Waals surface area contributed by atoms with Crippen LogP contribution in [0.15, 0.2) is 30.3 Å². The van der Waals surface area contributed by atoms with Crippen molar-refractivity contribution in [3.63, 3.8) is 0 Å². The van der Waals surface area contributed by atoms with E-state index < -0.39 is 0 Å². The van der Waals surface area contributed by atoms with Crippen molar-refractivity contribution < 1.29 is 0 Å². The molecule has 0 bridgehead atoms. The van der Waals surface area contributed by atoms with E-state index in [1.807, 2.05) is 0 Å². The minimum Gasteiger partial charge on any atom is -0.316 e. The highest BCUT2D eigenvalue weighted by molar-refractivity contribution is 5.21. The van der Waals surface area contributed by atoms with Gasteiger partial charge in [-0.25, -0.2) is 0 Å². The summed E-state index contributed by atoms with van der Waals surface area (Å²) in [6, 6.07) is 11.9. The third-order valence-corrected chi connectivity index (χ3v) is 5.59. The Kier molecular flexibility index (Phi) is 4.66. The van der Waals surface area contributed by atoms with E-state index >= 15 is 0 Å². The molecule has 2 fully saturated rings. The van der Waals surface area contributed by atoms with Crippen molar-refractivity contribution in [2.45, 2.75) is 51.5 Å². The Morgan fingerprint density at radius 3 is 2.81 bits per heavy atom. The number of hydrogen-bond acceptors (Lipinski definition) is 2. The number of nitrogens with zero attached hydrogens (tertiary/aromatic N) is 1. The molecule has 2 heterocycles. The molecule has 0 aliphatic carbocycles. The summed E-state index contributed by atoms with van der Waals surface area (Å²) in [5.41, 5.74) is 2.02. The van der Waals surface area contributed by atoms with Gasteiger partial charge in [0.2, 0.25) is 0 Å². The second-order valence-corrected chi connectivity index (χ2v) is 7.34. The number of hydrogen-bond donors (Lipinski definition) is 1. The molecule has 1 aromatic rings. The Hall–Kier alpha value is -0.860. The van der Waals surface area contributed by atoms with Crippen LogP contribution in [0.25, 0.3) is 0 Å². The number of nitrogens with one attached hydrogen (secondary N) is 1. The van der Waals surface area contributed by atoms with E-state index in [1.54, 1.807) is 0 Å². The molecule has 2 heteroatoms. The van der Waals surface area contributed by atoms with Gasteiger partial charge in [0.1, 0.15) is 0 Å². The van der Waals surface area contributed by atoms with Crippen molar-refractivity contribution in [3.05, 3.63) is 35.9 Å². The predicted octanol–water partition coefficient (Wildman–Crippen LogP) is 3.64. The molecule has 1 N–H and O–H groups in total. The summed E-state index contributed by atoms with van der Waals surface area (Å²) in [4.78, 5) is 2.80. The fourth-order valence-corrected chi connectivity index (χ4v) is 4.43. The van der Waals surface area contributed by atoms with Crippen LogP contribution in [0, 0.1) is 5.41 Å². The molecule has 1 aromatic carbocycles. The maximum atomic E-state index is 3.55. The lowest BCUT2D eigenvalue weighted by molar-refractivity contribution is 0.147. The zero-order valence-corrected chi connectivity index (χ0v) is 13.6. The molecule has 0 amide bonds. The fourth-order valence-electron chi connectivity index (χ4n) is 4.43. The van der Waals surface area contributed by atoms with Gasteiger partial charge in [-0.05, 0) is 55.7 Å². The molecule has 3 atom stereocenters. The van der Waals surface area contributed by atoms with Gasteiger partial charge in [0.05, 0.1) is 0 Å². The highest BCUT2D eigenvalue weighted by atomic mass is 15.2. The fraction of sp³-hybridized carbons (Fsp3) is 0.684. The first-order valence-electron chi connectivity index (χ1n) is 8.71. The van der Waals surface area contributed by atoms with Gasteiger partial charge in [0.25, 0.3) is 0 Å². The standard InChI is InChI=1S/C19H30N2/c1-3-17(16-8-5-4-6-9-16)18-10-7-13-21(18)15-19(2)11-12-20-14-19/h4-6,8-9,17-18,20H,3,7,10-15H2,1-2H3. The van der Waals surface area contributed by atoms with E-state index in [0.29, 0.717) is 11.3 Å². The first-order valence-corrected chi connectivity index (χ1v) is 8.71. The normalized spacial score (nSPS) is 31.6. The van der Waals surface area contributed by atoms with Crippen LogP contribution in [0.4, 0.5) is 0 Å². The van der Waals surface area contributed by atoms with Crippen molar-refractivity contribution in [3.8, 4) is 0 Å². The Morgan fingerprint density at radius 2 is 2.14 bits per heavy atom. The summed E-state index contributed by atoms with van der Waals surface area (Å²) in [5.74, 6) is 0.701. The van der Waals surface area contributed by atoms with Crippen LogP contribution in [0.5, 0.6) is 0 Å². The van der Waals surface area contributed by atoms with Crippen molar-refractivity contribution in [1.29, 1.82) is 0 Å². The lowest BCUT2D eigenvalue weighted by Gasteiger charge is -2.36. The molecule has 116 valence electrons. The van der Waals surface area contributed by atoms with Crippen molar-refractivity contribution in [2.75, 3.05) is 26.2 Å². The average Bonchev–Trinajstić information content (AvgIpc) is 3.12. The van der Waals surface area contributed by atoms with E-state index in [4.69, 9.17) is 0 Å². The summed E-state index contributed by atoms with van der Waals surface area (Å²) in [6.07, 6.45) is 5.33. The van der Waals surface area contributed by atoms with Crippen LogP contribution in [0.2, 0.25) is 0 Å². The van der Waals surface area contributed by atoms with Crippen LogP contribution in [0.3, 0.4) is 0 Å². The maximum absolute atomic E-state index is 3.55. The largest absolute Gasteiger partial charge is 0.316 e. The summed E-state index contributed by atoms with van der Waals surface area (Å²) in [7, 11) is 0. The predicted molar refractivity (Wildman–Crippen MR) is 89.7 cm³/mol. The Balaban J connectivity index is 1.73. The van der Waals surface area contributed by atoms with Gasteiger partial charge in [-0.3, -0.25) is 4.90 Å². The van der Waals surface area contributed by atoms with Gasteiger partial charge in [0, 0.05) is 19.1 Å². The lowest BCUT2D eigenvalue weighted by Crippen LogP contribution is -2.42. The van der Waals surface area contributed by atoms with E-state index in [0.717, 1.165) is 6.04 Å². The highest BCUT2D eigenvalue weighted by Crippen LogP contribution is 2.36. The monoisotopic (exact) mass is 286 g/mol. The van der Waals surface area contributed by atoms with E-state index in [1.165, 1.54) is 57.4 Å². The van der Waals surface area contributed by atoms with Gasteiger partial charge in [-0.1, -0.05) is 44.2 Å². The summed E-state index contributed by atoms with van der Waals surface area (Å²) in [6.45, 7) is 9.78. The maximum Gasteiger partial charge on any atom is 0.0165 e. The van der Waals surface area contributed by atoms with Gasteiger partial charge >= 0.3 is 0 Å². The molecule has 2 nitrogen and oxygen atoms in total.